The van der Waals surface area contributed by atoms with E-state index in [0.717, 1.165) is 0 Å². The van der Waals surface area contributed by atoms with E-state index in [4.69, 9.17) is 9.47 Å². The number of alkyl carbamates (subject to hydrolysis) is 1. The van der Waals surface area contributed by atoms with Crippen LogP contribution in [0.2, 0.25) is 0 Å². The molecule has 0 spiro atoms. The summed E-state index contributed by atoms with van der Waals surface area (Å²) >= 11 is 0. The van der Waals surface area contributed by atoms with Crippen molar-refractivity contribution in [1.82, 2.24) is 5.32 Å². The van der Waals surface area contributed by atoms with Crippen molar-refractivity contribution in [3.05, 3.63) is 35.7 Å². The predicted octanol–water partition coefficient (Wildman–Crippen LogP) is 3.76. The summed E-state index contributed by atoms with van der Waals surface area (Å²) in [5.41, 5.74) is -0.0981. The van der Waals surface area contributed by atoms with Crippen molar-refractivity contribution in [2.75, 3.05) is 13.2 Å². The Morgan fingerprint density at radius 2 is 2.10 bits per heavy atom. The number of carbonyl (C=O) groups excluding carboxylic acids is 1. The summed E-state index contributed by atoms with van der Waals surface area (Å²) < 4.78 is 24.0. The highest BCUT2D eigenvalue weighted by Crippen LogP contribution is 2.17. The molecule has 5 heteroatoms. The predicted molar refractivity (Wildman–Crippen MR) is 80.8 cm³/mol. The molecular formula is C16H22FNO3. The van der Waals surface area contributed by atoms with Crippen molar-refractivity contribution >= 4 is 12.2 Å². The van der Waals surface area contributed by atoms with E-state index in [9.17, 15) is 9.18 Å². The van der Waals surface area contributed by atoms with E-state index >= 15 is 0 Å². The number of amides is 1. The number of carbonyl (C=O) groups is 1. The topological polar surface area (TPSA) is 47.6 Å². The number of hydrogen-bond acceptors (Lipinski definition) is 3. The normalized spacial score (nSPS) is 11.5. The van der Waals surface area contributed by atoms with Crippen LogP contribution in [0.3, 0.4) is 0 Å². The van der Waals surface area contributed by atoms with Crippen LogP contribution < -0.4 is 10.1 Å². The van der Waals surface area contributed by atoms with Crippen molar-refractivity contribution < 1.29 is 18.7 Å². The Morgan fingerprint density at radius 3 is 2.67 bits per heavy atom. The third-order valence-electron chi connectivity index (χ3n) is 2.34. The minimum absolute atomic E-state index is 0.265. The van der Waals surface area contributed by atoms with E-state index in [1.165, 1.54) is 6.07 Å². The first-order chi connectivity index (χ1) is 9.81. The lowest BCUT2D eigenvalue weighted by Gasteiger charge is -2.19. The zero-order valence-electron chi connectivity index (χ0n) is 12.9. The molecule has 1 rings (SSSR count). The molecule has 0 atom stereocenters. The van der Waals surface area contributed by atoms with Gasteiger partial charge in [-0.25, -0.2) is 9.18 Å². The van der Waals surface area contributed by atoms with Crippen molar-refractivity contribution in [3.8, 4) is 5.75 Å². The molecule has 0 radical (unpaired) electrons. The summed E-state index contributed by atoms with van der Waals surface area (Å²) in [5, 5.41) is 2.57. The van der Waals surface area contributed by atoms with E-state index in [-0.39, 0.29) is 12.4 Å². The standard InChI is InChI=1S/C16H22FNO3/c1-5-20-13-9-8-12(14(17)11-13)7-6-10-18-15(19)21-16(2,3)4/h6-9,11H,5,10H2,1-4H3,(H,18,19). The lowest BCUT2D eigenvalue weighted by molar-refractivity contribution is 0.0534. The second kappa shape index (κ2) is 7.67. The van der Waals surface area contributed by atoms with E-state index in [0.29, 0.717) is 17.9 Å². The maximum absolute atomic E-state index is 13.7. The van der Waals surface area contributed by atoms with Gasteiger partial charge in [-0.1, -0.05) is 12.2 Å². The molecule has 0 unspecified atom stereocenters. The fraction of sp³-hybridized carbons (Fsp3) is 0.438. The highest BCUT2D eigenvalue weighted by atomic mass is 19.1. The van der Waals surface area contributed by atoms with Gasteiger partial charge in [-0.05, 0) is 39.8 Å². The van der Waals surface area contributed by atoms with Gasteiger partial charge in [-0.15, -0.1) is 0 Å². The van der Waals surface area contributed by atoms with Crippen LogP contribution in [-0.4, -0.2) is 24.8 Å². The fourth-order valence-corrected chi connectivity index (χ4v) is 1.54. The van der Waals surface area contributed by atoms with E-state index in [1.807, 2.05) is 6.92 Å². The van der Waals surface area contributed by atoms with Gasteiger partial charge < -0.3 is 14.8 Å². The van der Waals surface area contributed by atoms with Crippen LogP contribution in [0.15, 0.2) is 24.3 Å². The van der Waals surface area contributed by atoms with E-state index in [1.54, 1.807) is 45.1 Å². The molecule has 0 aromatic heterocycles. The summed E-state index contributed by atoms with van der Waals surface area (Å²) in [7, 11) is 0. The zero-order valence-corrected chi connectivity index (χ0v) is 12.9. The molecule has 1 N–H and O–H groups in total. The largest absolute Gasteiger partial charge is 0.494 e. The van der Waals surface area contributed by atoms with Gasteiger partial charge in [0.1, 0.15) is 17.2 Å². The second-order valence-corrected chi connectivity index (χ2v) is 5.40. The highest BCUT2D eigenvalue weighted by molar-refractivity contribution is 5.68. The van der Waals surface area contributed by atoms with Gasteiger partial charge in [0, 0.05) is 18.2 Å². The summed E-state index contributed by atoms with van der Waals surface area (Å²) in [6, 6.07) is 4.67. The number of nitrogens with one attached hydrogen (secondary N) is 1. The molecule has 0 heterocycles. The Balaban J connectivity index is 2.48. The number of hydrogen-bond donors (Lipinski definition) is 1. The van der Waals surface area contributed by atoms with Crippen LogP contribution in [0.1, 0.15) is 33.3 Å². The molecule has 116 valence electrons. The summed E-state index contributed by atoms with van der Waals surface area (Å²) in [5.74, 6) is 0.133. The molecule has 0 aliphatic carbocycles. The highest BCUT2D eigenvalue weighted by Gasteiger charge is 2.14. The molecule has 0 aliphatic heterocycles. The molecule has 21 heavy (non-hydrogen) atoms. The van der Waals surface area contributed by atoms with Crippen LogP contribution in [0.25, 0.3) is 6.08 Å². The Hall–Kier alpha value is -2.04. The molecule has 0 aliphatic rings. The molecule has 0 bridgehead atoms. The van der Waals surface area contributed by atoms with Crippen LogP contribution in [-0.2, 0) is 4.74 Å². The average Bonchev–Trinajstić information content (AvgIpc) is 2.35. The van der Waals surface area contributed by atoms with Gasteiger partial charge in [-0.2, -0.15) is 0 Å². The Kier molecular flexibility index (Phi) is 6.21. The van der Waals surface area contributed by atoms with Crippen LogP contribution in [0.5, 0.6) is 5.75 Å². The Morgan fingerprint density at radius 1 is 1.38 bits per heavy atom. The molecule has 4 nitrogen and oxygen atoms in total. The smallest absolute Gasteiger partial charge is 0.407 e. The first-order valence-electron chi connectivity index (χ1n) is 6.87. The van der Waals surface area contributed by atoms with Crippen molar-refractivity contribution in [3.63, 3.8) is 0 Å². The van der Waals surface area contributed by atoms with Crippen molar-refractivity contribution in [1.29, 1.82) is 0 Å². The van der Waals surface area contributed by atoms with Crippen LogP contribution >= 0.6 is 0 Å². The van der Waals surface area contributed by atoms with Gasteiger partial charge in [0.25, 0.3) is 0 Å². The maximum atomic E-state index is 13.7. The summed E-state index contributed by atoms with van der Waals surface area (Å²) in [4.78, 5) is 11.4. The Bertz CT molecular complexity index is 507. The zero-order chi connectivity index (χ0) is 15.9. The minimum atomic E-state index is -0.533. The molecule has 0 saturated heterocycles. The monoisotopic (exact) mass is 295 g/mol. The van der Waals surface area contributed by atoms with Gasteiger partial charge in [0.15, 0.2) is 0 Å². The first kappa shape index (κ1) is 17.0. The number of halogens is 1. The molecule has 1 amide bonds. The molecule has 0 fully saturated rings. The average molecular weight is 295 g/mol. The van der Waals surface area contributed by atoms with Gasteiger partial charge >= 0.3 is 6.09 Å². The number of benzene rings is 1. The quantitative estimate of drug-likeness (QED) is 0.899. The Labute approximate surface area is 124 Å². The minimum Gasteiger partial charge on any atom is -0.494 e. The fourth-order valence-electron chi connectivity index (χ4n) is 1.54. The van der Waals surface area contributed by atoms with Gasteiger partial charge in [0.2, 0.25) is 0 Å². The van der Waals surface area contributed by atoms with Crippen molar-refractivity contribution in [2.24, 2.45) is 0 Å². The lowest BCUT2D eigenvalue weighted by atomic mass is 10.2. The molecular weight excluding hydrogens is 273 g/mol. The molecule has 1 aromatic carbocycles. The van der Waals surface area contributed by atoms with Crippen molar-refractivity contribution in [2.45, 2.75) is 33.3 Å². The second-order valence-electron chi connectivity index (χ2n) is 5.40. The third kappa shape index (κ3) is 6.79. The van der Waals surface area contributed by atoms with Gasteiger partial charge in [-0.3, -0.25) is 0 Å². The van der Waals surface area contributed by atoms with Gasteiger partial charge in [0.05, 0.1) is 6.61 Å². The summed E-state index contributed by atoms with van der Waals surface area (Å²) in [6.45, 7) is 7.97. The molecule has 0 saturated carbocycles. The number of ether oxygens (including phenoxy) is 2. The third-order valence-corrected chi connectivity index (χ3v) is 2.34. The van der Waals surface area contributed by atoms with Crippen LogP contribution in [0.4, 0.5) is 9.18 Å². The first-order valence-corrected chi connectivity index (χ1v) is 6.87. The number of rotatable bonds is 5. The van der Waals surface area contributed by atoms with E-state index < -0.39 is 11.7 Å². The SMILES string of the molecule is CCOc1ccc(C=CCNC(=O)OC(C)(C)C)c(F)c1. The van der Waals surface area contributed by atoms with Crippen LogP contribution in [0, 0.1) is 5.82 Å². The molecule has 1 aromatic rings. The lowest BCUT2D eigenvalue weighted by Crippen LogP contribution is -2.32. The van der Waals surface area contributed by atoms with E-state index in [2.05, 4.69) is 5.32 Å². The maximum Gasteiger partial charge on any atom is 0.407 e. The summed E-state index contributed by atoms with van der Waals surface area (Å²) in [6.07, 6.45) is 2.75.